The van der Waals surface area contributed by atoms with Crippen molar-refractivity contribution in [3.63, 3.8) is 0 Å². The number of nitrogens with one attached hydrogen (secondary N) is 1. The van der Waals surface area contributed by atoms with E-state index in [4.69, 9.17) is 0 Å². The number of rotatable bonds is 4. The summed E-state index contributed by atoms with van der Waals surface area (Å²) in [4.78, 5) is 6.60. The highest BCUT2D eigenvalue weighted by Crippen LogP contribution is 2.16. The van der Waals surface area contributed by atoms with Crippen molar-refractivity contribution in [3.05, 3.63) is 30.1 Å². The standard InChI is InChI=1S/C14H23N3/c1-12(14-6-3-7-15-10-14)16-9-13-5-4-8-17(2)11-13/h3,6-7,10,12-13,16H,4-5,8-9,11H2,1-2H3/t12-,13?/m0/s1. The van der Waals surface area contributed by atoms with Gasteiger partial charge in [-0.1, -0.05) is 6.07 Å². The maximum absolute atomic E-state index is 4.16. The molecule has 1 fully saturated rings. The van der Waals surface area contributed by atoms with Crippen LogP contribution in [-0.2, 0) is 0 Å². The van der Waals surface area contributed by atoms with Crippen LogP contribution in [0, 0.1) is 5.92 Å². The third-order valence-corrected chi connectivity index (χ3v) is 3.62. The van der Waals surface area contributed by atoms with Gasteiger partial charge in [0.25, 0.3) is 0 Å². The Morgan fingerprint density at radius 2 is 2.47 bits per heavy atom. The van der Waals surface area contributed by atoms with E-state index < -0.39 is 0 Å². The van der Waals surface area contributed by atoms with Gasteiger partial charge >= 0.3 is 0 Å². The van der Waals surface area contributed by atoms with Gasteiger partial charge in [-0.3, -0.25) is 4.98 Å². The largest absolute Gasteiger partial charge is 0.310 e. The van der Waals surface area contributed by atoms with E-state index in [1.165, 1.54) is 31.5 Å². The molecule has 1 aliphatic heterocycles. The van der Waals surface area contributed by atoms with Gasteiger partial charge in [-0.15, -0.1) is 0 Å². The molecule has 1 saturated heterocycles. The van der Waals surface area contributed by atoms with Crippen molar-refractivity contribution in [3.8, 4) is 0 Å². The Hall–Kier alpha value is -0.930. The predicted octanol–water partition coefficient (Wildman–Crippen LogP) is 2.07. The minimum absolute atomic E-state index is 0.399. The lowest BCUT2D eigenvalue weighted by Crippen LogP contribution is -2.37. The zero-order valence-corrected chi connectivity index (χ0v) is 10.9. The fraction of sp³-hybridized carbons (Fsp3) is 0.643. The van der Waals surface area contributed by atoms with Gasteiger partial charge in [-0.05, 0) is 57.5 Å². The number of pyridine rings is 1. The van der Waals surface area contributed by atoms with Gasteiger partial charge in [0.1, 0.15) is 0 Å². The first-order valence-electron chi connectivity index (χ1n) is 6.57. The average molecular weight is 233 g/mol. The second-order valence-electron chi connectivity index (χ2n) is 5.19. The van der Waals surface area contributed by atoms with Crippen molar-refractivity contribution in [2.45, 2.75) is 25.8 Å². The molecule has 0 saturated carbocycles. The van der Waals surface area contributed by atoms with Crippen LogP contribution in [0.4, 0.5) is 0 Å². The van der Waals surface area contributed by atoms with Crippen LogP contribution in [0.5, 0.6) is 0 Å². The number of aromatic nitrogens is 1. The summed E-state index contributed by atoms with van der Waals surface area (Å²) < 4.78 is 0. The predicted molar refractivity (Wildman–Crippen MR) is 70.9 cm³/mol. The molecular formula is C14H23N3. The van der Waals surface area contributed by atoms with Crippen LogP contribution in [0.1, 0.15) is 31.4 Å². The highest BCUT2D eigenvalue weighted by molar-refractivity contribution is 5.12. The fourth-order valence-electron chi connectivity index (χ4n) is 2.53. The van der Waals surface area contributed by atoms with Crippen molar-refractivity contribution in [2.75, 3.05) is 26.7 Å². The molecule has 0 bridgehead atoms. The summed E-state index contributed by atoms with van der Waals surface area (Å²) in [5.41, 5.74) is 1.27. The minimum atomic E-state index is 0.399. The number of hydrogen-bond donors (Lipinski definition) is 1. The van der Waals surface area contributed by atoms with Crippen molar-refractivity contribution in [1.82, 2.24) is 15.2 Å². The second kappa shape index (κ2) is 6.12. The molecule has 0 spiro atoms. The van der Waals surface area contributed by atoms with Crippen LogP contribution in [0.3, 0.4) is 0 Å². The average Bonchev–Trinajstić information content (AvgIpc) is 2.37. The van der Waals surface area contributed by atoms with Gasteiger partial charge in [0.05, 0.1) is 0 Å². The van der Waals surface area contributed by atoms with E-state index >= 15 is 0 Å². The van der Waals surface area contributed by atoms with Crippen LogP contribution in [0.25, 0.3) is 0 Å². The molecule has 0 amide bonds. The first-order chi connectivity index (χ1) is 8.25. The zero-order valence-electron chi connectivity index (χ0n) is 10.9. The number of hydrogen-bond acceptors (Lipinski definition) is 3. The van der Waals surface area contributed by atoms with Crippen molar-refractivity contribution >= 4 is 0 Å². The van der Waals surface area contributed by atoms with Gasteiger partial charge in [-0.25, -0.2) is 0 Å². The van der Waals surface area contributed by atoms with Crippen LogP contribution < -0.4 is 5.32 Å². The molecule has 1 aromatic rings. The van der Waals surface area contributed by atoms with Crippen LogP contribution in [-0.4, -0.2) is 36.6 Å². The molecule has 1 aliphatic rings. The molecule has 1 aromatic heterocycles. The molecule has 0 radical (unpaired) electrons. The van der Waals surface area contributed by atoms with Gasteiger partial charge in [0, 0.05) is 25.0 Å². The molecule has 2 atom stereocenters. The molecule has 3 heteroatoms. The summed E-state index contributed by atoms with van der Waals surface area (Å²) in [5.74, 6) is 0.799. The number of likely N-dealkylation sites (tertiary alicyclic amines) is 1. The highest BCUT2D eigenvalue weighted by Gasteiger charge is 2.17. The third-order valence-electron chi connectivity index (χ3n) is 3.62. The van der Waals surface area contributed by atoms with Crippen molar-refractivity contribution < 1.29 is 0 Å². The van der Waals surface area contributed by atoms with Crippen LogP contribution in [0.15, 0.2) is 24.5 Å². The molecular weight excluding hydrogens is 210 g/mol. The third kappa shape index (κ3) is 3.79. The molecule has 94 valence electrons. The summed E-state index contributed by atoms with van der Waals surface area (Å²) in [6, 6.07) is 4.54. The van der Waals surface area contributed by atoms with E-state index in [9.17, 15) is 0 Å². The molecule has 0 aliphatic carbocycles. The van der Waals surface area contributed by atoms with Crippen molar-refractivity contribution in [1.29, 1.82) is 0 Å². The smallest absolute Gasteiger partial charge is 0.0315 e. The van der Waals surface area contributed by atoms with Crippen LogP contribution >= 0.6 is 0 Å². The van der Waals surface area contributed by atoms with Gasteiger partial charge in [-0.2, -0.15) is 0 Å². The number of piperidine rings is 1. The number of nitrogens with zero attached hydrogens (tertiary/aromatic N) is 2. The van der Waals surface area contributed by atoms with E-state index in [0.717, 1.165) is 12.5 Å². The quantitative estimate of drug-likeness (QED) is 0.863. The summed E-state index contributed by atoms with van der Waals surface area (Å²) in [6.07, 6.45) is 6.47. The molecule has 1 unspecified atom stereocenters. The lowest BCUT2D eigenvalue weighted by atomic mass is 9.98. The van der Waals surface area contributed by atoms with E-state index in [0.29, 0.717) is 6.04 Å². The Morgan fingerprint density at radius 3 is 3.18 bits per heavy atom. The molecule has 0 aromatic carbocycles. The summed E-state index contributed by atoms with van der Waals surface area (Å²) in [5, 5.41) is 3.62. The fourth-order valence-corrected chi connectivity index (χ4v) is 2.53. The Kier molecular flexibility index (Phi) is 4.51. The lowest BCUT2D eigenvalue weighted by Gasteiger charge is -2.30. The van der Waals surface area contributed by atoms with Crippen LogP contribution in [0.2, 0.25) is 0 Å². The topological polar surface area (TPSA) is 28.2 Å². The minimum Gasteiger partial charge on any atom is -0.310 e. The highest BCUT2D eigenvalue weighted by atomic mass is 15.1. The Balaban J connectivity index is 1.78. The summed E-state index contributed by atoms with van der Waals surface area (Å²) >= 11 is 0. The SMILES string of the molecule is C[C@H](NCC1CCCN(C)C1)c1cccnc1. The molecule has 17 heavy (non-hydrogen) atoms. The van der Waals surface area contributed by atoms with Gasteiger partial charge < -0.3 is 10.2 Å². The summed E-state index contributed by atoms with van der Waals surface area (Å²) in [6.45, 7) is 5.81. The molecule has 2 rings (SSSR count). The second-order valence-corrected chi connectivity index (χ2v) is 5.19. The molecule has 2 heterocycles. The van der Waals surface area contributed by atoms with E-state index in [1.54, 1.807) is 0 Å². The van der Waals surface area contributed by atoms with Crippen molar-refractivity contribution in [2.24, 2.45) is 5.92 Å². The monoisotopic (exact) mass is 233 g/mol. The Morgan fingerprint density at radius 1 is 1.59 bits per heavy atom. The first kappa shape index (κ1) is 12.5. The van der Waals surface area contributed by atoms with Gasteiger partial charge in [0.15, 0.2) is 0 Å². The molecule has 1 N–H and O–H groups in total. The Bertz CT molecular complexity index is 325. The maximum atomic E-state index is 4.16. The molecule has 3 nitrogen and oxygen atoms in total. The van der Waals surface area contributed by atoms with Gasteiger partial charge in [0.2, 0.25) is 0 Å². The lowest BCUT2D eigenvalue weighted by molar-refractivity contribution is 0.203. The maximum Gasteiger partial charge on any atom is 0.0315 e. The Labute approximate surface area is 104 Å². The van der Waals surface area contributed by atoms with E-state index in [2.05, 4.69) is 35.2 Å². The normalized spacial score (nSPS) is 23.5. The van der Waals surface area contributed by atoms with E-state index in [1.807, 2.05) is 18.5 Å². The zero-order chi connectivity index (χ0) is 12.1. The first-order valence-corrected chi connectivity index (χ1v) is 6.57. The van der Waals surface area contributed by atoms with E-state index in [-0.39, 0.29) is 0 Å². The summed E-state index contributed by atoms with van der Waals surface area (Å²) in [7, 11) is 2.22.